The lowest BCUT2D eigenvalue weighted by Gasteiger charge is -2.24. The summed E-state index contributed by atoms with van der Waals surface area (Å²) in [6.45, 7) is 2.22. The number of benzene rings is 1. The molecule has 1 aromatic carbocycles. The quantitative estimate of drug-likeness (QED) is 0.899. The zero-order valence-electron chi connectivity index (χ0n) is 11.4. The third kappa shape index (κ3) is 3.71. The second-order valence-corrected chi connectivity index (χ2v) is 6.57. The third-order valence-corrected chi connectivity index (χ3v) is 4.56. The topological polar surface area (TPSA) is 66.3 Å². The molecule has 0 amide bonds. The first kappa shape index (κ1) is 16.2. The number of aryl methyl sites for hydroxylation is 1. The van der Waals surface area contributed by atoms with Crippen LogP contribution in [0.2, 0.25) is 10.0 Å². The van der Waals surface area contributed by atoms with Crippen molar-refractivity contribution in [2.24, 2.45) is 0 Å². The smallest absolute Gasteiger partial charge is 0.325 e. The molecule has 0 aliphatic heterocycles. The van der Waals surface area contributed by atoms with E-state index in [4.69, 9.17) is 23.2 Å². The summed E-state index contributed by atoms with van der Waals surface area (Å²) in [7, 11) is 1.70. The predicted octanol–water partition coefficient (Wildman–Crippen LogP) is 3.41. The van der Waals surface area contributed by atoms with E-state index in [1.807, 2.05) is 6.92 Å². The van der Waals surface area contributed by atoms with Gasteiger partial charge in [0.05, 0.1) is 16.6 Å². The van der Waals surface area contributed by atoms with Gasteiger partial charge in [-0.15, -0.1) is 21.5 Å². The molecule has 1 N–H and O–H groups in total. The van der Waals surface area contributed by atoms with Gasteiger partial charge in [-0.05, 0) is 20.0 Å². The van der Waals surface area contributed by atoms with E-state index in [1.165, 1.54) is 11.3 Å². The van der Waals surface area contributed by atoms with Crippen molar-refractivity contribution in [3.05, 3.63) is 43.8 Å². The molecule has 1 aromatic heterocycles. The van der Waals surface area contributed by atoms with E-state index in [0.29, 0.717) is 17.1 Å². The molecule has 8 heteroatoms. The van der Waals surface area contributed by atoms with Gasteiger partial charge in [0.25, 0.3) is 0 Å². The van der Waals surface area contributed by atoms with Gasteiger partial charge >= 0.3 is 5.97 Å². The summed E-state index contributed by atoms with van der Waals surface area (Å²) >= 11 is 13.5. The van der Waals surface area contributed by atoms with E-state index in [9.17, 15) is 9.90 Å². The minimum Gasteiger partial charge on any atom is -0.480 e. The Kier molecular flexibility index (Phi) is 5.16. The first-order valence-electron chi connectivity index (χ1n) is 6.06. The Balaban J connectivity index is 2.30. The highest BCUT2D eigenvalue weighted by Gasteiger charge is 2.28. The highest BCUT2D eigenvalue weighted by atomic mass is 35.5. The van der Waals surface area contributed by atoms with Crippen LogP contribution in [-0.2, 0) is 11.3 Å². The molecule has 2 aromatic rings. The first-order chi connectivity index (χ1) is 9.90. The molecule has 2 rings (SSSR count). The lowest BCUT2D eigenvalue weighted by molar-refractivity contribution is -0.143. The van der Waals surface area contributed by atoms with Crippen molar-refractivity contribution in [1.29, 1.82) is 0 Å². The Hall–Kier alpha value is -1.21. The second-order valence-electron chi connectivity index (χ2n) is 4.51. The van der Waals surface area contributed by atoms with Crippen molar-refractivity contribution in [2.45, 2.75) is 19.5 Å². The number of aromatic nitrogens is 2. The fourth-order valence-corrected chi connectivity index (χ4v) is 3.18. The molecule has 0 fully saturated rings. The number of carbonyl (C=O) groups is 1. The number of hydrogen-bond donors (Lipinski definition) is 1. The highest BCUT2D eigenvalue weighted by Crippen LogP contribution is 2.33. The summed E-state index contributed by atoms with van der Waals surface area (Å²) < 4.78 is 0. The van der Waals surface area contributed by atoms with Gasteiger partial charge in [-0.25, -0.2) is 0 Å². The zero-order chi connectivity index (χ0) is 15.6. The average molecular weight is 346 g/mol. The molecule has 1 atom stereocenters. The standard InChI is InChI=1S/C13H13Cl2N3O2S/c1-7-16-17-10(21-7)6-18(2)12(13(19)20)8-4-3-5-9(14)11(8)15/h3-5,12H,6H2,1-2H3,(H,19,20). The summed E-state index contributed by atoms with van der Waals surface area (Å²) in [4.78, 5) is 13.3. The van der Waals surface area contributed by atoms with Crippen molar-refractivity contribution in [1.82, 2.24) is 15.1 Å². The lowest BCUT2D eigenvalue weighted by Crippen LogP contribution is -2.30. The summed E-state index contributed by atoms with van der Waals surface area (Å²) in [6, 6.07) is 4.07. The molecule has 112 valence electrons. The van der Waals surface area contributed by atoms with Crippen LogP contribution in [0.1, 0.15) is 21.6 Å². The molecular weight excluding hydrogens is 333 g/mol. The van der Waals surface area contributed by atoms with Crippen molar-refractivity contribution < 1.29 is 9.90 Å². The number of hydrogen-bond acceptors (Lipinski definition) is 5. The monoisotopic (exact) mass is 345 g/mol. The zero-order valence-corrected chi connectivity index (χ0v) is 13.7. The van der Waals surface area contributed by atoms with Gasteiger partial charge in [-0.3, -0.25) is 9.69 Å². The molecule has 1 unspecified atom stereocenters. The first-order valence-corrected chi connectivity index (χ1v) is 7.63. The fourth-order valence-electron chi connectivity index (χ4n) is 2.00. The molecular formula is C13H13Cl2N3O2S. The summed E-state index contributed by atoms with van der Waals surface area (Å²) in [5.74, 6) is -0.997. The van der Waals surface area contributed by atoms with Crippen molar-refractivity contribution >= 4 is 40.5 Å². The maximum absolute atomic E-state index is 11.6. The molecule has 0 saturated heterocycles. The molecule has 0 spiro atoms. The number of carboxylic acid groups (broad SMARTS) is 1. The van der Waals surface area contributed by atoms with E-state index in [0.717, 1.165) is 10.0 Å². The molecule has 0 saturated carbocycles. The van der Waals surface area contributed by atoms with Crippen LogP contribution in [0.25, 0.3) is 0 Å². The number of likely N-dealkylation sites (N-methyl/N-ethyl adjacent to an activating group) is 1. The summed E-state index contributed by atoms with van der Waals surface area (Å²) in [5, 5.41) is 19.6. The molecule has 5 nitrogen and oxygen atoms in total. The SMILES string of the molecule is Cc1nnc(CN(C)C(C(=O)O)c2cccc(Cl)c2Cl)s1. The van der Waals surface area contributed by atoms with Crippen molar-refractivity contribution in [2.75, 3.05) is 7.05 Å². The maximum atomic E-state index is 11.6. The van der Waals surface area contributed by atoms with Gasteiger partial charge in [0, 0.05) is 5.56 Å². The minimum absolute atomic E-state index is 0.256. The molecule has 0 aliphatic carbocycles. The van der Waals surface area contributed by atoms with E-state index in [-0.39, 0.29) is 5.02 Å². The minimum atomic E-state index is -0.997. The van der Waals surface area contributed by atoms with Crippen LogP contribution in [0.3, 0.4) is 0 Å². The average Bonchev–Trinajstić information content (AvgIpc) is 2.80. The van der Waals surface area contributed by atoms with Crippen LogP contribution in [-0.4, -0.2) is 33.2 Å². The number of nitrogens with zero attached hydrogens (tertiary/aromatic N) is 3. The fraction of sp³-hybridized carbons (Fsp3) is 0.308. The molecule has 0 radical (unpaired) electrons. The van der Waals surface area contributed by atoms with Gasteiger partial charge in [-0.2, -0.15) is 0 Å². The summed E-state index contributed by atoms with van der Waals surface area (Å²) in [5.41, 5.74) is 0.459. The molecule has 21 heavy (non-hydrogen) atoms. The van der Waals surface area contributed by atoms with E-state index < -0.39 is 12.0 Å². The van der Waals surface area contributed by atoms with Gasteiger partial charge in [0.15, 0.2) is 0 Å². The van der Waals surface area contributed by atoms with Crippen LogP contribution in [0.5, 0.6) is 0 Å². The Morgan fingerprint density at radius 1 is 1.43 bits per heavy atom. The van der Waals surface area contributed by atoms with Gasteiger partial charge in [0.1, 0.15) is 16.1 Å². The summed E-state index contributed by atoms with van der Waals surface area (Å²) in [6.07, 6.45) is 0. The van der Waals surface area contributed by atoms with Gasteiger partial charge < -0.3 is 5.11 Å². The Labute approximate surface area is 136 Å². The maximum Gasteiger partial charge on any atom is 0.325 e. The highest BCUT2D eigenvalue weighted by molar-refractivity contribution is 7.11. The normalized spacial score (nSPS) is 12.6. The molecule has 0 bridgehead atoms. The van der Waals surface area contributed by atoms with Crippen LogP contribution in [0, 0.1) is 6.92 Å². The molecule has 0 aliphatic rings. The molecule has 1 heterocycles. The Morgan fingerprint density at radius 3 is 2.71 bits per heavy atom. The second kappa shape index (κ2) is 6.70. The predicted molar refractivity (Wildman–Crippen MR) is 83.0 cm³/mol. The van der Waals surface area contributed by atoms with Crippen LogP contribution in [0.4, 0.5) is 0 Å². The lowest BCUT2D eigenvalue weighted by atomic mass is 10.1. The van der Waals surface area contributed by atoms with Crippen LogP contribution < -0.4 is 0 Å². The van der Waals surface area contributed by atoms with Crippen LogP contribution >= 0.6 is 34.5 Å². The third-order valence-electron chi connectivity index (χ3n) is 2.90. The van der Waals surface area contributed by atoms with Gasteiger partial charge in [-0.1, -0.05) is 35.3 Å². The van der Waals surface area contributed by atoms with Crippen molar-refractivity contribution in [3.63, 3.8) is 0 Å². The van der Waals surface area contributed by atoms with E-state index in [2.05, 4.69) is 10.2 Å². The Bertz CT molecular complexity index is 663. The van der Waals surface area contributed by atoms with E-state index in [1.54, 1.807) is 30.1 Å². The number of rotatable bonds is 5. The van der Waals surface area contributed by atoms with Crippen LogP contribution in [0.15, 0.2) is 18.2 Å². The van der Waals surface area contributed by atoms with Gasteiger partial charge in [0.2, 0.25) is 0 Å². The largest absolute Gasteiger partial charge is 0.480 e. The number of halogens is 2. The number of carboxylic acids is 1. The van der Waals surface area contributed by atoms with E-state index >= 15 is 0 Å². The Morgan fingerprint density at radius 2 is 2.14 bits per heavy atom. The number of aliphatic carboxylic acids is 1. The van der Waals surface area contributed by atoms with Crippen molar-refractivity contribution in [3.8, 4) is 0 Å².